The summed E-state index contributed by atoms with van der Waals surface area (Å²) in [6, 6.07) is 12.7. The molecule has 0 bridgehead atoms. The topological polar surface area (TPSA) is 85.1 Å². The van der Waals surface area contributed by atoms with Gasteiger partial charge in [-0.1, -0.05) is 5.16 Å². The van der Waals surface area contributed by atoms with Crippen LogP contribution < -0.4 is 15.4 Å². The molecule has 1 unspecified atom stereocenters. The molecule has 176 valence electrons. The molecule has 0 spiro atoms. The maximum absolute atomic E-state index is 5.91. The van der Waals surface area contributed by atoms with Gasteiger partial charge in [0.25, 0.3) is 0 Å². The van der Waals surface area contributed by atoms with Crippen LogP contribution in [0.4, 0.5) is 11.6 Å². The number of nitrogens with one attached hydrogen (secondary N) is 2. The number of hydrogen-bond acceptors (Lipinski definition) is 8. The minimum absolute atomic E-state index is 0.564. The average Bonchev–Trinajstić information content (AvgIpc) is 3.59. The Bertz CT molecular complexity index is 1240. The van der Waals surface area contributed by atoms with Crippen molar-refractivity contribution in [2.45, 2.75) is 46.1 Å². The summed E-state index contributed by atoms with van der Waals surface area (Å²) in [6.07, 6.45) is 5.41. The standard InChI is InChI=1S/C26H29N5O2S/c1-16-15-28-26(29-20-6-8-21(9-7-20)32-14-12-19-5-4-13-27-19)30-25(16)23-11-10-22(34-23)24-17(2)31-33-18(24)3/h6-11,15,19,27H,4-5,12-14H2,1-3H3,(H,28,29,30). The molecule has 3 aromatic heterocycles. The first kappa shape index (κ1) is 22.6. The van der Waals surface area contributed by atoms with Crippen LogP contribution >= 0.6 is 11.3 Å². The van der Waals surface area contributed by atoms with Gasteiger partial charge in [0.05, 0.1) is 28.4 Å². The monoisotopic (exact) mass is 475 g/mol. The Morgan fingerprint density at radius 2 is 1.94 bits per heavy atom. The lowest BCUT2D eigenvalue weighted by atomic mass is 10.1. The zero-order valence-electron chi connectivity index (χ0n) is 19.7. The van der Waals surface area contributed by atoms with Crippen molar-refractivity contribution in [3.63, 3.8) is 0 Å². The Kier molecular flexibility index (Phi) is 6.60. The van der Waals surface area contributed by atoms with Crippen molar-refractivity contribution in [3.8, 4) is 26.8 Å². The molecule has 1 aliphatic heterocycles. The van der Waals surface area contributed by atoms with Gasteiger partial charge in [-0.25, -0.2) is 9.97 Å². The van der Waals surface area contributed by atoms with Gasteiger partial charge >= 0.3 is 0 Å². The number of aromatic nitrogens is 3. The highest BCUT2D eigenvalue weighted by atomic mass is 32.1. The maximum atomic E-state index is 5.91. The van der Waals surface area contributed by atoms with Gasteiger partial charge in [-0.3, -0.25) is 0 Å². The minimum Gasteiger partial charge on any atom is -0.494 e. The summed E-state index contributed by atoms with van der Waals surface area (Å²) in [5.74, 6) is 2.27. The largest absolute Gasteiger partial charge is 0.494 e. The molecule has 34 heavy (non-hydrogen) atoms. The fourth-order valence-corrected chi connectivity index (χ4v) is 5.48. The van der Waals surface area contributed by atoms with Crippen LogP contribution in [0.25, 0.3) is 21.0 Å². The van der Waals surface area contributed by atoms with Crippen LogP contribution in [0.3, 0.4) is 0 Å². The molecule has 0 aliphatic carbocycles. The Morgan fingerprint density at radius 3 is 2.68 bits per heavy atom. The van der Waals surface area contributed by atoms with Crippen molar-refractivity contribution in [2.75, 3.05) is 18.5 Å². The molecule has 8 heteroatoms. The predicted molar refractivity (Wildman–Crippen MR) is 136 cm³/mol. The van der Waals surface area contributed by atoms with E-state index in [1.54, 1.807) is 11.3 Å². The van der Waals surface area contributed by atoms with E-state index in [0.29, 0.717) is 12.0 Å². The second kappa shape index (κ2) is 9.95. The van der Waals surface area contributed by atoms with Crippen molar-refractivity contribution >= 4 is 23.0 Å². The van der Waals surface area contributed by atoms with E-state index >= 15 is 0 Å². The molecule has 0 saturated carbocycles. The van der Waals surface area contributed by atoms with E-state index in [1.165, 1.54) is 12.8 Å². The van der Waals surface area contributed by atoms with E-state index in [2.05, 4.69) is 32.9 Å². The zero-order chi connectivity index (χ0) is 23.5. The third kappa shape index (κ3) is 4.98. The third-order valence-electron chi connectivity index (χ3n) is 6.10. The molecule has 1 fully saturated rings. The Morgan fingerprint density at radius 1 is 1.12 bits per heavy atom. The van der Waals surface area contributed by atoms with Gasteiger partial charge in [-0.05, 0) is 88.5 Å². The van der Waals surface area contributed by atoms with Crippen molar-refractivity contribution < 1.29 is 9.26 Å². The Hall–Kier alpha value is -3.23. The number of benzene rings is 1. The second-order valence-corrected chi connectivity index (χ2v) is 9.75. The summed E-state index contributed by atoms with van der Waals surface area (Å²) >= 11 is 1.68. The Labute approximate surface area is 203 Å². The van der Waals surface area contributed by atoms with E-state index in [-0.39, 0.29) is 0 Å². The highest BCUT2D eigenvalue weighted by molar-refractivity contribution is 7.18. The van der Waals surface area contributed by atoms with Crippen molar-refractivity contribution in [1.82, 2.24) is 20.4 Å². The minimum atomic E-state index is 0.564. The number of hydrogen-bond donors (Lipinski definition) is 2. The molecule has 1 atom stereocenters. The fourth-order valence-electron chi connectivity index (χ4n) is 4.27. The van der Waals surface area contributed by atoms with E-state index in [1.807, 2.05) is 51.2 Å². The predicted octanol–water partition coefficient (Wildman–Crippen LogP) is 6.05. The van der Waals surface area contributed by atoms with Gasteiger partial charge in [0.1, 0.15) is 11.5 Å². The number of thiophene rings is 1. The Balaban J connectivity index is 1.26. The van der Waals surface area contributed by atoms with E-state index < -0.39 is 0 Å². The van der Waals surface area contributed by atoms with Gasteiger partial charge in [0.2, 0.25) is 5.95 Å². The van der Waals surface area contributed by atoms with Gasteiger partial charge in [0, 0.05) is 22.8 Å². The molecule has 0 radical (unpaired) electrons. The van der Waals surface area contributed by atoms with Crippen LogP contribution in [0.5, 0.6) is 5.75 Å². The molecule has 5 rings (SSSR count). The summed E-state index contributed by atoms with van der Waals surface area (Å²) in [5.41, 5.74) is 4.82. The number of aryl methyl sites for hydroxylation is 3. The van der Waals surface area contributed by atoms with Gasteiger partial charge in [0.15, 0.2) is 0 Å². The van der Waals surface area contributed by atoms with Crippen LogP contribution in [0.15, 0.2) is 47.1 Å². The van der Waals surface area contributed by atoms with E-state index in [9.17, 15) is 0 Å². The van der Waals surface area contributed by atoms with Crippen molar-refractivity contribution in [2.24, 2.45) is 0 Å². The lowest BCUT2D eigenvalue weighted by Crippen LogP contribution is -2.23. The molecular formula is C26H29N5O2S. The number of ether oxygens (including phenoxy) is 1. The highest BCUT2D eigenvalue weighted by Crippen LogP contribution is 2.38. The molecule has 0 amide bonds. The normalized spacial score (nSPS) is 15.6. The van der Waals surface area contributed by atoms with E-state index in [4.69, 9.17) is 14.2 Å². The van der Waals surface area contributed by atoms with Crippen molar-refractivity contribution in [1.29, 1.82) is 0 Å². The van der Waals surface area contributed by atoms with Crippen LogP contribution in [0.1, 0.15) is 36.3 Å². The summed E-state index contributed by atoms with van der Waals surface area (Å²) in [5, 5.41) is 10.9. The summed E-state index contributed by atoms with van der Waals surface area (Å²) < 4.78 is 11.2. The number of anilines is 2. The summed E-state index contributed by atoms with van der Waals surface area (Å²) in [6.45, 7) is 7.79. The first-order valence-electron chi connectivity index (χ1n) is 11.7. The average molecular weight is 476 g/mol. The molecule has 1 aromatic carbocycles. The van der Waals surface area contributed by atoms with Crippen LogP contribution in [0, 0.1) is 20.8 Å². The molecule has 7 nitrogen and oxygen atoms in total. The quantitative estimate of drug-likeness (QED) is 0.321. The van der Waals surface area contributed by atoms with E-state index in [0.717, 1.165) is 69.0 Å². The zero-order valence-corrected chi connectivity index (χ0v) is 20.5. The molecule has 4 heterocycles. The van der Waals surface area contributed by atoms with Crippen molar-refractivity contribution in [3.05, 3.63) is 59.6 Å². The van der Waals surface area contributed by atoms with Crippen LogP contribution in [-0.2, 0) is 0 Å². The molecule has 2 N–H and O–H groups in total. The molecular weight excluding hydrogens is 446 g/mol. The smallest absolute Gasteiger partial charge is 0.227 e. The summed E-state index contributed by atoms with van der Waals surface area (Å²) in [7, 11) is 0. The highest BCUT2D eigenvalue weighted by Gasteiger charge is 2.16. The fraction of sp³-hybridized carbons (Fsp3) is 0.346. The first-order chi connectivity index (χ1) is 16.6. The second-order valence-electron chi connectivity index (χ2n) is 8.67. The van der Waals surface area contributed by atoms with Gasteiger partial charge < -0.3 is 19.9 Å². The molecule has 4 aromatic rings. The lowest BCUT2D eigenvalue weighted by molar-refractivity contribution is 0.292. The maximum Gasteiger partial charge on any atom is 0.227 e. The van der Waals surface area contributed by atoms with Crippen LogP contribution in [-0.4, -0.2) is 34.3 Å². The van der Waals surface area contributed by atoms with Gasteiger partial charge in [-0.15, -0.1) is 11.3 Å². The van der Waals surface area contributed by atoms with Gasteiger partial charge in [-0.2, -0.15) is 0 Å². The third-order valence-corrected chi connectivity index (χ3v) is 7.21. The number of nitrogens with zero attached hydrogens (tertiary/aromatic N) is 3. The van der Waals surface area contributed by atoms with Crippen LogP contribution in [0.2, 0.25) is 0 Å². The number of rotatable bonds is 8. The SMILES string of the molecule is Cc1cnc(Nc2ccc(OCCC3CCCN3)cc2)nc1-c1ccc(-c2c(C)noc2C)s1. The summed E-state index contributed by atoms with van der Waals surface area (Å²) in [4.78, 5) is 11.5. The molecule has 1 saturated heterocycles. The first-order valence-corrected chi connectivity index (χ1v) is 12.5. The lowest BCUT2D eigenvalue weighted by Gasteiger charge is -2.12. The molecule has 1 aliphatic rings.